The third-order valence-electron chi connectivity index (χ3n) is 3.95. The summed E-state index contributed by atoms with van der Waals surface area (Å²) < 4.78 is 5.43. The molecule has 19 heavy (non-hydrogen) atoms. The zero-order valence-electron chi connectivity index (χ0n) is 12.0. The Morgan fingerprint density at radius 2 is 2.21 bits per heavy atom. The van der Waals surface area contributed by atoms with Crippen LogP contribution in [0, 0.1) is 0 Å². The fraction of sp³-hybridized carbons (Fsp3) is 0.667. The van der Waals surface area contributed by atoms with Crippen LogP contribution in [-0.2, 0) is 11.2 Å². The zero-order valence-corrected chi connectivity index (χ0v) is 12.0. The van der Waals surface area contributed by atoms with Crippen molar-refractivity contribution < 1.29 is 4.74 Å². The fourth-order valence-electron chi connectivity index (χ4n) is 2.58. The van der Waals surface area contributed by atoms with Crippen LogP contribution in [-0.4, -0.2) is 37.3 Å². The first kappa shape index (κ1) is 14.3. The van der Waals surface area contributed by atoms with E-state index >= 15 is 0 Å². The minimum Gasteiger partial charge on any atom is -0.381 e. The summed E-state index contributed by atoms with van der Waals surface area (Å²) in [6, 6.07) is 4.89. The number of ether oxygens (including phenoxy) is 1. The Hall–Kier alpha value is -1.13. The third-order valence-corrected chi connectivity index (χ3v) is 3.95. The van der Waals surface area contributed by atoms with E-state index in [9.17, 15) is 0 Å². The summed E-state index contributed by atoms with van der Waals surface area (Å²) in [7, 11) is 2.14. The maximum Gasteiger partial charge on any atom is 0.131 e. The second-order valence-electron chi connectivity index (χ2n) is 5.31. The number of hydrogen-bond donors (Lipinski definition) is 1. The molecule has 0 aliphatic carbocycles. The van der Waals surface area contributed by atoms with Gasteiger partial charge in [-0.1, -0.05) is 13.0 Å². The van der Waals surface area contributed by atoms with E-state index in [1.165, 1.54) is 5.56 Å². The van der Waals surface area contributed by atoms with Crippen LogP contribution in [0.5, 0.6) is 0 Å². The maximum atomic E-state index is 6.09. The maximum absolute atomic E-state index is 6.09. The minimum atomic E-state index is 0.214. The second kappa shape index (κ2) is 6.87. The van der Waals surface area contributed by atoms with Crippen molar-refractivity contribution in [2.45, 2.75) is 44.7 Å². The third kappa shape index (κ3) is 3.67. The highest BCUT2D eigenvalue weighted by Gasteiger charge is 2.21. The summed E-state index contributed by atoms with van der Waals surface area (Å²) in [4.78, 5) is 6.88. The van der Waals surface area contributed by atoms with E-state index in [2.05, 4.69) is 29.9 Å². The van der Waals surface area contributed by atoms with Crippen LogP contribution < -0.4 is 10.6 Å². The monoisotopic (exact) mass is 263 g/mol. The summed E-state index contributed by atoms with van der Waals surface area (Å²) >= 11 is 0. The molecule has 0 spiro atoms. The Balaban J connectivity index is 2.13. The Morgan fingerprint density at radius 1 is 1.47 bits per heavy atom. The van der Waals surface area contributed by atoms with Gasteiger partial charge < -0.3 is 15.4 Å². The molecule has 1 aromatic heterocycles. The summed E-state index contributed by atoms with van der Waals surface area (Å²) in [6.45, 7) is 3.83. The molecule has 2 rings (SSSR count). The Bertz CT molecular complexity index is 391. The number of nitrogens with two attached hydrogens (primary N) is 1. The lowest BCUT2D eigenvalue weighted by atomic mass is 10.0. The van der Waals surface area contributed by atoms with Gasteiger partial charge in [0.05, 0.1) is 0 Å². The van der Waals surface area contributed by atoms with Gasteiger partial charge in [-0.2, -0.15) is 0 Å². The molecular weight excluding hydrogens is 238 g/mol. The van der Waals surface area contributed by atoms with E-state index in [4.69, 9.17) is 10.5 Å². The highest BCUT2D eigenvalue weighted by molar-refractivity contribution is 5.47. The molecule has 0 radical (unpaired) electrons. The SMILES string of the molecule is CCC(N)Cc1cccnc1N(C)C1CCOCC1. The average Bonchev–Trinajstić information content (AvgIpc) is 2.48. The zero-order chi connectivity index (χ0) is 13.7. The molecule has 0 aromatic carbocycles. The molecule has 1 saturated heterocycles. The van der Waals surface area contributed by atoms with Crippen LogP contribution in [0.25, 0.3) is 0 Å². The first-order chi connectivity index (χ1) is 9.22. The Morgan fingerprint density at radius 3 is 2.89 bits per heavy atom. The van der Waals surface area contributed by atoms with E-state index < -0.39 is 0 Å². The van der Waals surface area contributed by atoms with Gasteiger partial charge in [0.1, 0.15) is 5.82 Å². The van der Waals surface area contributed by atoms with Crippen molar-refractivity contribution in [3.8, 4) is 0 Å². The predicted molar refractivity (Wildman–Crippen MR) is 78.5 cm³/mol. The molecule has 2 heterocycles. The standard InChI is InChI=1S/C15H25N3O/c1-3-13(16)11-12-5-4-8-17-15(12)18(2)14-6-9-19-10-7-14/h4-5,8,13-14H,3,6-7,9-11,16H2,1-2H3. The van der Waals surface area contributed by atoms with Gasteiger partial charge in [0.2, 0.25) is 0 Å². The lowest BCUT2D eigenvalue weighted by Gasteiger charge is -2.33. The molecule has 1 unspecified atom stereocenters. The van der Waals surface area contributed by atoms with E-state index in [0.717, 1.165) is 44.7 Å². The van der Waals surface area contributed by atoms with E-state index in [1.807, 2.05) is 12.3 Å². The molecule has 4 nitrogen and oxygen atoms in total. The van der Waals surface area contributed by atoms with E-state index in [-0.39, 0.29) is 6.04 Å². The number of nitrogens with zero attached hydrogens (tertiary/aromatic N) is 2. The normalized spacial score (nSPS) is 18.3. The molecule has 1 aromatic rings. The van der Waals surface area contributed by atoms with Gasteiger partial charge in [0.25, 0.3) is 0 Å². The smallest absolute Gasteiger partial charge is 0.131 e. The first-order valence-corrected chi connectivity index (χ1v) is 7.22. The summed E-state index contributed by atoms with van der Waals surface area (Å²) in [5.74, 6) is 1.08. The summed E-state index contributed by atoms with van der Waals surface area (Å²) in [5.41, 5.74) is 7.34. The Labute approximate surface area is 116 Å². The molecule has 0 saturated carbocycles. The first-order valence-electron chi connectivity index (χ1n) is 7.22. The lowest BCUT2D eigenvalue weighted by molar-refractivity contribution is 0.0853. The van der Waals surface area contributed by atoms with Crippen LogP contribution in [0.3, 0.4) is 0 Å². The van der Waals surface area contributed by atoms with Crippen molar-refractivity contribution in [1.29, 1.82) is 0 Å². The minimum absolute atomic E-state index is 0.214. The van der Waals surface area contributed by atoms with Gasteiger partial charge >= 0.3 is 0 Å². The van der Waals surface area contributed by atoms with Crippen LogP contribution >= 0.6 is 0 Å². The van der Waals surface area contributed by atoms with Crippen LogP contribution in [0.1, 0.15) is 31.7 Å². The summed E-state index contributed by atoms with van der Waals surface area (Å²) in [5, 5.41) is 0. The van der Waals surface area contributed by atoms with Crippen molar-refractivity contribution in [3.63, 3.8) is 0 Å². The van der Waals surface area contributed by atoms with Crippen LogP contribution in [0.2, 0.25) is 0 Å². The van der Waals surface area contributed by atoms with Crippen molar-refractivity contribution in [2.75, 3.05) is 25.2 Å². The van der Waals surface area contributed by atoms with Gasteiger partial charge in [0, 0.05) is 38.5 Å². The highest BCUT2D eigenvalue weighted by Crippen LogP contribution is 2.23. The number of anilines is 1. The van der Waals surface area contributed by atoms with Crippen molar-refractivity contribution in [1.82, 2.24) is 4.98 Å². The molecule has 0 amide bonds. The molecule has 1 aliphatic heterocycles. The van der Waals surface area contributed by atoms with Crippen LogP contribution in [0.15, 0.2) is 18.3 Å². The fourth-order valence-corrected chi connectivity index (χ4v) is 2.58. The molecule has 1 fully saturated rings. The number of aromatic nitrogens is 1. The Kier molecular flexibility index (Phi) is 5.16. The highest BCUT2D eigenvalue weighted by atomic mass is 16.5. The molecule has 106 valence electrons. The molecule has 4 heteroatoms. The lowest BCUT2D eigenvalue weighted by Crippen LogP contribution is -2.38. The van der Waals surface area contributed by atoms with Gasteiger partial charge in [-0.3, -0.25) is 0 Å². The van der Waals surface area contributed by atoms with Crippen LogP contribution in [0.4, 0.5) is 5.82 Å². The van der Waals surface area contributed by atoms with Crippen molar-refractivity contribution in [3.05, 3.63) is 23.9 Å². The quantitative estimate of drug-likeness (QED) is 0.882. The molecular formula is C15H25N3O. The molecule has 1 aliphatic rings. The van der Waals surface area contributed by atoms with E-state index in [0.29, 0.717) is 6.04 Å². The van der Waals surface area contributed by atoms with Gasteiger partial charge in [-0.25, -0.2) is 4.98 Å². The largest absolute Gasteiger partial charge is 0.381 e. The average molecular weight is 263 g/mol. The van der Waals surface area contributed by atoms with Gasteiger partial charge in [0.15, 0.2) is 0 Å². The predicted octanol–water partition coefficient (Wildman–Crippen LogP) is 1.98. The van der Waals surface area contributed by atoms with Crippen molar-refractivity contribution in [2.24, 2.45) is 5.73 Å². The number of hydrogen-bond acceptors (Lipinski definition) is 4. The number of rotatable bonds is 5. The van der Waals surface area contributed by atoms with E-state index in [1.54, 1.807) is 0 Å². The topological polar surface area (TPSA) is 51.4 Å². The number of pyridine rings is 1. The molecule has 2 N–H and O–H groups in total. The molecule has 0 bridgehead atoms. The molecule has 1 atom stereocenters. The van der Waals surface area contributed by atoms with Gasteiger partial charge in [-0.05, 0) is 37.3 Å². The van der Waals surface area contributed by atoms with Gasteiger partial charge in [-0.15, -0.1) is 0 Å². The van der Waals surface area contributed by atoms with Crippen molar-refractivity contribution >= 4 is 5.82 Å². The second-order valence-corrected chi connectivity index (χ2v) is 5.31. The summed E-state index contributed by atoms with van der Waals surface area (Å²) in [6.07, 6.45) is 5.91.